The van der Waals surface area contributed by atoms with Crippen LogP contribution in [0.5, 0.6) is 0 Å². The molecule has 3 heterocycles. The SMILES string of the molecule is O=C([C@H]1CNCCO1)N1CCN(c2ncc(C(F)(F)F)cn2)CC1. The average Bonchev–Trinajstić information content (AvgIpc) is 2.61. The molecule has 1 aromatic rings. The number of alkyl halides is 3. The van der Waals surface area contributed by atoms with Crippen LogP contribution in [-0.4, -0.2) is 72.8 Å². The van der Waals surface area contributed by atoms with Crippen molar-refractivity contribution in [3.8, 4) is 0 Å². The summed E-state index contributed by atoms with van der Waals surface area (Å²) < 4.78 is 43.0. The Balaban J connectivity index is 1.55. The maximum Gasteiger partial charge on any atom is 0.419 e. The zero-order valence-electron chi connectivity index (χ0n) is 12.9. The van der Waals surface area contributed by atoms with Crippen LogP contribution in [-0.2, 0) is 15.7 Å². The lowest BCUT2D eigenvalue weighted by Crippen LogP contribution is -2.55. The predicted octanol–water partition coefficient (Wildman–Crippen LogP) is 0.132. The quantitative estimate of drug-likeness (QED) is 0.822. The Kier molecular flexibility index (Phi) is 4.86. The Hall–Kier alpha value is -1.94. The third-order valence-corrected chi connectivity index (χ3v) is 4.04. The number of ether oxygens (including phenoxy) is 1. The number of morpholine rings is 1. The maximum atomic E-state index is 12.5. The molecule has 1 N–H and O–H groups in total. The molecule has 0 aliphatic carbocycles. The highest BCUT2D eigenvalue weighted by molar-refractivity contribution is 5.81. The Bertz CT molecular complexity index is 567. The van der Waals surface area contributed by atoms with Crippen LogP contribution >= 0.6 is 0 Å². The molecule has 10 heteroatoms. The van der Waals surface area contributed by atoms with Crippen LogP contribution in [0.15, 0.2) is 12.4 Å². The second-order valence-electron chi connectivity index (χ2n) is 5.65. The smallest absolute Gasteiger partial charge is 0.366 e. The summed E-state index contributed by atoms with van der Waals surface area (Å²) in [6, 6.07) is 0. The predicted molar refractivity (Wildman–Crippen MR) is 78.4 cm³/mol. The number of carbonyl (C=O) groups is 1. The molecule has 2 saturated heterocycles. The third-order valence-electron chi connectivity index (χ3n) is 4.04. The van der Waals surface area contributed by atoms with Gasteiger partial charge in [0.15, 0.2) is 0 Å². The van der Waals surface area contributed by atoms with Crippen LogP contribution in [0.25, 0.3) is 0 Å². The molecular weight excluding hydrogens is 327 g/mol. The van der Waals surface area contributed by atoms with Gasteiger partial charge in [-0.15, -0.1) is 0 Å². The standard InChI is InChI=1S/C14H18F3N5O2/c15-14(16,17)10-7-19-13(20-8-10)22-4-2-21(3-5-22)12(23)11-9-18-1-6-24-11/h7-8,11,18H,1-6,9H2/t11-/m1/s1. The van der Waals surface area contributed by atoms with Crippen LogP contribution in [0, 0.1) is 0 Å². The van der Waals surface area contributed by atoms with Crippen molar-refractivity contribution in [1.82, 2.24) is 20.2 Å². The van der Waals surface area contributed by atoms with E-state index in [4.69, 9.17) is 4.74 Å². The molecule has 0 bridgehead atoms. The number of piperazine rings is 1. The summed E-state index contributed by atoms with van der Waals surface area (Å²) in [5.74, 6) is 0.181. The van der Waals surface area contributed by atoms with E-state index in [0.29, 0.717) is 39.3 Å². The second-order valence-corrected chi connectivity index (χ2v) is 5.65. The van der Waals surface area contributed by atoms with E-state index in [9.17, 15) is 18.0 Å². The summed E-state index contributed by atoms with van der Waals surface area (Å²) in [6.45, 7) is 3.61. The van der Waals surface area contributed by atoms with Gasteiger partial charge in [0, 0.05) is 51.7 Å². The zero-order valence-corrected chi connectivity index (χ0v) is 12.9. The van der Waals surface area contributed by atoms with Crippen molar-refractivity contribution in [2.45, 2.75) is 12.3 Å². The van der Waals surface area contributed by atoms with Crippen molar-refractivity contribution >= 4 is 11.9 Å². The Morgan fingerprint density at radius 1 is 1.21 bits per heavy atom. The lowest BCUT2D eigenvalue weighted by atomic mass is 10.2. The fourth-order valence-electron chi connectivity index (χ4n) is 2.69. The Morgan fingerprint density at radius 2 is 1.88 bits per heavy atom. The summed E-state index contributed by atoms with van der Waals surface area (Å²) in [5, 5.41) is 3.11. The zero-order chi connectivity index (χ0) is 17.2. The second kappa shape index (κ2) is 6.89. The van der Waals surface area contributed by atoms with Crippen LogP contribution < -0.4 is 10.2 Å². The highest BCUT2D eigenvalue weighted by Crippen LogP contribution is 2.28. The van der Waals surface area contributed by atoms with E-state index in [-0.39, 0.29) is 11.9 Å². The van der Waals surface area contributed by atoms with E-state index in [1.807, 2.05) is 0 Å². The number of hydrogen-bond donors (Lipinski definition) is 1. The van der Waals surface area contributed by atoms with Crippen molar-refractivity contribution in [3.63, 3.8) is 0 Å². The van der Waals surface area contributed by atoms with Gasteiger partial charge < -0.3 is 19.9 Å². The molecule has 24 heavy (non-hydrogen) atoms. The van der Waals surface area contributed by atoms with Gasteiger partial charge in [0.2, 0.25) is 5.95 Å². The van der Waals surface area contributed by atoms with Gasteiger partial charge in [-0.25, -0.2) is 9.97 Å². The average molecular weight is 345 g/mol. The van der Waals surface area contributed by atoms with E-state index < -0.39 is 17.8 Å². The lowest BCUT2D eigenvalue weighted by Gasteiger charge is -2.37. The minimum absolute atomic E-state index is 0.0600. The summed E-state index contributed by atoms with van der Waals surface area (Å²) in [5.41, 5.74) is -0.873. The van der Waals surface area contributed by atoms with Crippen LogP contribution in [0.3, 0.4) is 0 Å². The van der Waals surface area contributed by atoms with Gasteiger partial charge in [0.1, 0.15) is 6.10 Å². The summed E-state index contributed by atoms with van der Waals surface area (Å²) in [6.07, 6.45) is -3.35. The molecule has 2 aliphatic rings. The normalized spacial score (nSPS) is 22.5. The lowest BCUT2D eigenvalue weighted by molar-refractivity contribution is -0.145. The summed E-state index contributed by atoms with van der Waals surface area (Å²) in [4.78, 5) is 23.4. The van der Waals surface area contributed by atoms with Gasteiger partial charge in [-0.1, -0.05) is 0 Å². The maximum absolute atomic E-state index is 12.5. The molecule has 0 spiro atoms. The minimum Gasteiger partial charge on any atom is -0.366 e. The van der Waals surface area contributed by atoms with E-state index >= 15 is 0 Å². The van der Waals surface area contributed by atoms with Gasteiger partial charge in [-0.05, 0) is 0 Å². The van der Waals surface area contributed by atoms with Gasteiger partial charge >= 0.3 is 6.18 Å². The van der Waals surface area contributed by atoms with Gasteiger partial charge in [-0.2, -0.15) is 13.2 Å². The fraction of sp³-hybridized carbons (Fsp3) is 0.643. The monoisotopic (exact) mass is 345 g/mol. The van der Waals surface area contributed by atoms with Crippen molar-refractivity contribution in [2.75, 3.05) is 50.8 Å². The van der Waals surface area contributed by atoms with Crippen molar-refractivity contribution in [2.24, 2.45) is 0 Å². The number of hydrogen-bond acceptors (Lipinski definition) is 6. The molecular formula is C14H18F3N5O2. The molecule has 1 aromatic heterocycles. The molecule has 3 rings (SSSR count). The summed E-state index contributed by atoms with van der Waals surface area (Å²) in [7, 11) is 0. The number of carbonyl (C=O) groups excluding carboxylic acids is 1. The van der Waals surface area contributed by atoms with Crippen LogP contribution in [0.4, 0.5) is 19.1 Å². The molecule has 2 fully saturated rings. The van der Waals surface area contributed by atoms with Gasteiger partial charge in [-0.3, -0.25) is 4.79 Å². The topological polar surface area (TPSA) is 70.6 Å². The van der Waals surface area contributed by atoms with E-state index in [2.05, 4.69) is 15.3 Å². The number of nitrogens with zero attached hydrogens (tertiary/aromatic N) is 4. The first kappa shape index (κ1) is 16.9. The van der Waals surface area contributed by atoms with E-state index in [1.165, 1.54) is 0 Å². The Morgan fingerprint density at radius 3 is 2.42 bits per heavy atom. The highest BCUT2D eigenvalue weighted by atomic mass is 19.4. The van der Waals surface area contributed by atoms with Gasteiger partial charge in [0.05, 0.1) is 12.2 Å². The molecule has 2 aliphatic heterocycles. The Labute approximate surface area is 136 Å². The molecule has 132 valence electrons. The molecule has 1 atom stereocenters. The highest BCUT2D eigenvalue weighted by Gasteiger charge is 2.32. The first-order valence-electron chi connectivity index (χ1n) is 7.70. The molecule has 0 unspecified atom stereocenters. The number of nitrogens with one attached hydrogen (secondary N) is 1. The molecule has 0 radical (unpaired) electrons. The molecule has 0 saturated carbocycles. The summed E-state index contributed by atoms with van der Waals surface area (Å²) >= 11 is 0. The van der Waals surface area contributed by atoms with Gasteiger partial charge in [0.25, 0.3) is 5.91 Å². The van der Waals surface area contributed by atoms with Crippen LogP contribution in [0.2, 0.25) is 0 Å². The van der Waals surface area contributed by atoms with Crippen molar-refractivity contribution < 1.29 is 22.7 Å². The van der Waals surface area contributed by atoms with Crippen molar-refractivity contribution in [3.05, 3.63) is 18.0 Å². The largest absolute Gasteiger partial charge is 0.419 e. The number of halogens is 3. The fourth-order valence-corrected chi connectivity index (χ4v) is 2.69. The number of anilines is 1. The number of aromatic nitrogens is 2. The first-order valence-corrected chi connectivity index (χ1v) is 7.70. The van der Waals surface area contributed by atoms with Crippen LogP contribution in [0.1, 0.15) is 5.56 Å². The molecule has 0 aromatic carbocycles. The minimum atomic E-state index is -4.45. The molecule has 1 amide bonds. The number of amides is 1. The van der Waals surface area contributed by atoms with E-state index in [0.717, 1.165) is 18.9 Å². The third kappa shape index (κ3) is 3.75. The van der Waals surface area contributed by atoms with E-state index in [1.54, 1.807) is 9.80 Å². The first-order chi connectivity index (χ1) is 11.4. The van der Waals surface area contributed by atoms with Crippen molar-refractivity contribution in [1.29, 1.82) is 0 Å². The molecule has 7 nitrogen and oxygen atoms in total. The number of rotatable bonds is 2.